The average Bonchev–Trinajstić information content (AvgIpc) is 2.80. The van der Waals surface area contributed by atoms with Crippen molar-refractivity contribution in [3.63, 3.8) is 0 Å². The van der Waals surface area contributed by atoms with E-state index in [4.69, 9.17) is 14.2 Å². The number of carbonyl (C=O) groups excluding carboxylic acids is 1. The number of esters is 1. The highest BCUT2D eigenvalue weighted by Crippen LogP contribution is 2.33. The minimum atomic E-state index is -0.0616. The van der Waals surface area contributed by atoms with E-state index in [1.807, 2.05) is 24.3 Å². The maximum absolute atomic E-state index is 12.6. The van der Waals surface area contributed by atoms with Gasteiger partial charge in [-0.3, -0.25) is 4.79 Å². The monoisotopic (exact) mass is 430 g/mol. The number of hydrogen-bond acceptors (Lipinski definition) is 4. The van der Waals surface area contributed by atoms with Crippen LogP contribution in [-0.4, -0.2) is 26.3 Å². The Morgan fingerprint density at radius 2 is 1.39 bits per heavy atom. The highest BCUT2D eigenvalue weighted by atomic mass is 16.5. The maximum Gasteiger partial charge on any atom is 0.314 e. The standard InChI is InChI=1S/C27H42O4/c1-3-4-5-6-21-11-13-24(14-12-21)27(28)31-26-17-15-25(16-18-26)30-20-23-9-7-22(8-10-23)19-29-2/h15-18,21-24H,3-14,19-20H2,1-2H3. The molecule has 0 bridgehead atoms. The summed E-state index contributed by atoms with van der Waals surface area (Å²) < 4.78 is 16.9. The summed E-state index contributed by atoms with van der Waals surface area (Å²) in [5.41, 5.74) is 0. The molecule has 2 aliphatic rings. The highest BCUT2D eigenvalue weighted by Gasteiger charge is 2.27. The fraction of sp³-hybridized carbons (Fsp3) is 0.741. The minimum Gasteiger partial charge on any atom is -0.493 e. The zero-order valence-corrected chi connectivity index (χ0v) is 19.7. The van der Waals surface area contributed by atoms with E-state index >= 15 is 0 Å². The topological polar surface area (TPSA) is 44.8 Å². The Labute approximate surface area is 189 Å². The summed E-state index contributed by atoms with van der Waals surface area (Å²) in [6.45, 7) is 3.90. The van der Waals surface area contributed by atoms with Gasteiger partial charge >= 0.3 is 5.97 Å². The first-order chi connectivity index (χ1) is 15.2. The summed E-state index contributed by atoms with van der Waals surface area (Å²) in [6.07, 6.45) is 14.5. The smallest absolute Gasteiger partial charge is 0.314 e. The lowest BCUT2D eigenvalue weighted by Crippen LogP contribution is -2.25. The number of benzene rings is 1. The van der Waals surface area contributed by atoms with Crippen LogP contribution in [0.15, 0.2) is 24.3 Å². The van der Waals surface area contributed by atoms with E-state index in [2.05, 4.69) is 6.92 Å². The first-order valence-corrected chi connectivity index (χ1v) is 12.6. The van der Waals surface area contributed by atoms with Crippen LogP contribution in [-0.2, 0) is 9.53 Å². The molecule has 0 heterocycles. The Morgan fingerprint density at radius 3 is 2.00 bits per heavy atom. The normalized spacial score (nSPS) is 26.4. The zero-order valence-electron chi connectivity index (χ0n) is 19.7. The van der Waals surface area contributed by atoms with E-state index in [1.54, 1.807) is 7.11 Å². The third-order valence-electron chi connectivity index (χ3n) is 7.29. The van der Waals surface area contributed by atoms with Crippen LogP contribution in [0.5, 0.6) is 11.5 Å². The highest BCUT2D eigenvalue weighted by molar-refractivity contribution is 5.75. The first kappa shape index (κ1) is 24.1. The van der Waals surface area contributed by atoms with Crippen molar-refractivity contribution in [1.82, 2.24) is 0 Å². The third-order valence-corrected chi connectivity index (χ3v) is 7.29. The Hall–Kier alpha value is -1.55. The molecule has 0 aromatic heterocycles. The van der Waals surface area contributed by atoms with Gasteiger partial charge in [0, 0.05) is 13.7 Å². The molecule has 3 rings (SSSR count). The number of ether oxygens (including phenoxy) is 3. The molecule has 1 aromatic rings. The van der Waals surface area contributed by atoms with Gasteiger partial charge < -0.3 is 14.2 Å². The van der Waals surface area contributed by atoms with Crippen molar-refractivity contribution in [2.75, 3.05) is 20.3 Å². The Morgan fingerprint density at radius 1 is 0.806 bits per heavy atom. The molecule has 174 valence electrons. The summed E-state index contributed by atoms with van der Waals surface area (Å²) in [7, 11) is 1.79. The van der Waals surface area contributed by atoms with Crippen LogP contribution in [0.4, 0.5) is 0 Å². The molecule has 31 heavy (non-hydrogen) atoms. The Balaban J connectivity index is 1.34. The van der Waals surface area contributed by atoms with Gasteiger partial charge in [0.2, 0.25) is 0 Å². The number of carbonyl (C=O) groups is 1. The van der Waals surface area contributed by atoms with Crippen LogP contribution in [0.2, 0.25) is 0 Å². The molecule has 0 radical (unpaired) electrons. The van der Waals surface area contributed by atoms with Gasteiger partial charge in [-0.05, 0) is 93.4 Å². The summed E-state index contributed by atoms with van der Waals surface area (Å²) in [4.78, 5) is 12.6. The number of unbranched alkanes of at least 4 members (excludes halogenated alkanes) is 2. The largest absolute Gasteiger partial charge is 0.493 e. The summed E-state index contributed by atoms with van der Waals surface area (Å²) in [5, 5.41) is 0. The quantitative estimate of drug-likeness (QED) is 0.220. The van der Waals surface area contributed by atoms with Crippen molar-refractivity contribution in [2.24, 2.45) is 23.7 Å². The Bertz CT molecular complexity index is 625. The van der Waals surface area contributed by atoms with Crippen LogP contribution in [0, 0.1) is 23.7 Å². The van der Waals surface area contributed by atoms with Crippen molar-refractivity contribution in [3.8, 4) is 11.5 Å². The van der Waals surface area contributed by atoms with Crippen LogP contribution < -0.4 is 9.47 Å². The molecular formula is C27H42O4. The molecule has 4 heteroatoms. The maximum atomic E-state index is 12.6. The SMILES string of the molecule is CCCCCC1CCC(C(=O)Oc2ccc(OCC3CCC(COC)CC3)cc2)CC1. The molecule has 2 aliphatic carbocycles. The fourth-order valence-corrected chi connectivity index (χ4v) is 5.19. The van der Waals surface area contributed by atoms with Gasteiger partial charge in [0.05, 0.1) is 12.5 Å². The van der Waals surface area contributed by atoms with Crippen LogP contribution in [0.3, 0.4) is 0 Å². The summed E-state index contributed by atoms with van der Waals surface area (Å²) >= 11 is 0. The van der Waals surface area contributed by atoms with E-state index in [1.165, 1.54) is 64.2 Å². The van der Waals surface area contributed by atoms with Crippen molar-refractivity contribution >= 4 is 5.97 Å². The second kappa shape index (κ2) is 13.1. The lowest BCUT2D eigenvalue weighted by molar-refractivity contribution is -0.140. The number of rotatable bonds is 11. The van der Waals surface area contributed by atoms with Gasteiger partial charge in [0.1, 0.15) is 11.5 Å². The summed E-state index contributed by atoms with van der Waals surface area (Å²) in [5.74, 6) is 3.63. The predicted octanol–water partition coefficient (Wildman–Crippen LogP) is 6.81. The molecule has 0 amide bonds. The lowest BCUT2D eigenvalue weighted by Gasteiger charge is -2.28. The van der Waals surface area contributed by atoms with E-state index in [0.717, 1.165) is 37.7 Å². The third kappa shape index (κ3) is 8.14. The van der Waals surface area contributed by atoms with E-state index in [9.17, 15) is 4.79 Å². The molecule has 0 atom stereocenters. The number of methoxy groups -OCH3 is 1. The van der Waals surface area contributed by atoms with E-state index in [0.29, 0.717) is 17.6 Å². The van der Waals surface area contributed by atoms with Crippen LogP contribution >= 0.6 is 0 Å². The molecule has 1 aromatic carbocycles. The molecule has 2 saturated carbocycles. The molecule has 4 nitrogen and oxygen atoms in total. The fourth-order valence-electron chi connectivity index (χ4n) is 5.19. The van der Waals surface area contributed by atoms with Gasteiger partial charge in [0.25, 0.3) is 0 Å². The van der Waals surface area contributed by atoms with Crippen molar-refractivity contribution in [3.05, 3.63) is 24.3 Å². The second-order valence-corrected chi connectivity index (χ2v) is 9.76. The molecule has 0 N–H and O–H groups in total. The summed E-state index contributed by atoms with van der Waals surface area (Å²) in [6, 6.07) is 7.56. The van der Waals surface area contributed by atoms with E-state index in [-0.39, 0.29) is 11.9 Å². The molecule has 0 saturated heterocycles. The first-order valence-electron chi connectivity index (χ1n) is 12.6. The number of hydrogen-bond donors (Lipinski definition) is 0. The second-order valence-electron chi connectivity index (χ2n) is 9.76. The van der Waals surface area contributed by atoms with Crippen LogP contribution in [0.1, 0.15) is 84.0 Å². The predicted molar refractivity (Wildman–Crippen MR) is 124 cm³/mol. The molecule has 0 aliphatic heterocycles. The Kier molecular flexibility index (Phi) is 10.2. The molecular weight excluding hydrogens is 388 g/mol. The van der Waals surface area contributed by atoms with Crippen molar-refractivity contribution in [1.29, 1.82) is 0 Å². The zero-order chi connectivity index (χ0) is 21.9. The van der Waals surface area contributed by atoms with Gasteiger partial charge in [0.15, 0.2) is 0 Å². The van der Waals surface area contributed by atoms with Crippen LogP contribution in [0.25, 0.3) is 0 Å². The van der Waals surface area contributed by atoms with Crippen molar-refractivity contribution in [2.45, 2.75) is 84.0 Å². The van der Waals surface area contributed by atoms with E-state index < -0.39 is 0 Å². The van der Waals surface area contributed by atoms with Gasteiger partial charge in [-0.15, -0.1) is 0 Å². The van der Waals surface area contributed by atoms with Gasteiger partial charge in [-0.1, -0.05) is 32.6 Å². The van der Waals surface area contributed by atoms with Gasteiger partial charge in [-0.25, -0.2) is 0 Å². The van der Waals surface area contributed by atoms with Crippen molar-refractivity contribution < 1.29 is 19.0 Å². The minimum absolute atomic E-state index is 0.0616. The lowest BCUT2D eigenvalue weighted by atomic mass is 9.80. The average molecular weight is 431 g/mol. The molecule has 0 spiro atoms. The molecule has 0 unspecified atom stereocenters. The molecule has 2 fully saturated rings. The van der Waals surface area contributed by atoms with Gasteiger partial charge in [-0.2, -0.15) is 0 Å².